The summed E-state index contributed by atoms with van der Waals surface area (Å²) in [6, 6.07) is 18.4. The number of aromatic nitrogens is 5. The molecule has 2 aromatic heterocycles. The molecule has 180 valence electrons. The number of carbonyl (C=O) groups excluding carboxylic acids is 1. The van der Waals surface area contributed by atoms with Crippen LogP contribution in [0.25, 0.3) is 5.69 Å². The molecule has 0 spiro atoms. The van der Waals surface area contributed by atoms with Gasteiger partial charge in [-0.25, -0.2) is 4.68 Å². The van der Waals surface area contributed by atoms with Gasteiger partial charge in [0, 0.05) is 23.6 Å². The van der Waals surface area contributed by atoms with Gasteiger partial charge in [0.1, 0.15) is 0 Å². The van der Waals surface area contributed by atoms with Crippen molar-refractivity contribution in [3.8, 4) is 5.69 Å². The highest BCUT2D eigenvalue weighted by atomic mass is 32.2. The number of carbonyl (C=O) groups is 1. The molecule has 1 amide bonds. The Labute approximate surface area is 210 Å². The highest BCUT2D eigenvalue weighted by molar-refractivity contribution is 7.98. The number of benzene rings is 2. The van der Waals surface area contributed by atoms with Gasteiger partial charge in [-0.2, -0.15) is 5.10 Å². The summed E-state index contributed by atoms with van der Waals surface area (Å²) < 4.78 is 3.88. The third kappa shape index (κ3) is 5.89. The lowest BCUT2D eigenvalue weighted by molar-refractivity contribution is -0.120. The molecule has 7 nitrogen and oxygen atoms in total. The van der Waals surface area contributed by atoms with Crippen LogP contribution in [0.3, 0.4) is 0 Å². The second kappa shape index (κ2) is 11.2. The van der Waals surface area contributed by atoms with Gasteiger partial charge in [0.15, 0.2) is 11.0 Å². The van der Waals surface area contributed by atoms with Crippen LogP contribution in [-0.2, 0) is 30.1 Å². The molecule has 2 aromatic carbocycles. The van der Waals surface area contributed by atoms with Gasteiger partial charge in [0.05, 0.1) is 24.3 Å². The van der Waals surface area contributed by atoms with Crippen LogP contribution in [0.2, 0.25) is 0 Å². The molecule has 4 aromatic rings. The fourth-order valence-corrected chi connectivity index (χ4v) is 4.88. The van der Waals surface area contributed by atoms with E-state index in [1.165, 1.54) is 11.1 Å². The smallest absolute Gasteiger partial charge is 0.224 e. The predicted molar refractivity (Wildman–Crippen MR) is 140 cm³/mol. The first kappa shape index (κ1) is 24.5. The maximum absolute atomic E-state index is 12.8. The van der Waals surface area contributed by atoms with E-state index in [0.717, 1.165) is 33.5 Å². The van der Waals surface area contributed by atoms with E-state index in [-0.39, 0.29) is 12.3 Å². The first-order chi connectivity index (χ1) is 17.0. The molecule has 0 bridgehead atoms. The van der Waals surface area contributed by atoms with E-state index in [1.54, 1.807) is 11.8 Å². The average Bonchev–Trinajstić information content (AvgIpc) is 3.37. The molecule has 1 N–H and O–H groups in total. The Kier molecular flexibility index (Phi) is 7.82. The van der Waals surface area contributed by atoms with Gasteiger partial charge in [0.2, 0.25) is 5.91 Å². The van der Waals surface area contributed by atoms with Gasteiger partial charge in [-0.05, 0) is 38.5 Å². The van der Waals surface area contributed by atoms with Crippen molar-refractivity contribution in [3.05, 3.63) is 101 Å². The Morgan fingerprint density at radius 1 is 1.09 bits per heavy atom. The van der Waals surface area contributed by atoms with E-state index < -0.39 is 0 Å². The second-order valence-corrected chi connectivity index (χ2v) is 9.37. The monoisotopic (exact) mass is 486 g/mol. The summed E-state index contributed by atoms with van der Waals surface area (Å²) in [6.07, 6.45) is 2.07. The fraction of sp³-hybridized carbons (Fsp3) is 0.259. The highest BCUT2D eigenvalue weighted by Gasteiger charge is 2.17. The lowest BCUT2D eigenvalue weighted by Crippen LogP contribution is -2.26. The zero-order valence-electron chi connectivity index (χ0n) is 20.4. The number of rotatable bonds is 10. The third-order valence-corrected chi connectivity index (χ3v) is 6.82. The molecule has 0 aliphatic carbocycles. The molecule has 8 heteroatoms. The number of thioether (sulfide) groups is 1. The lowest BCUT2D eigenvalue weighted by atomic mass is 10.1. The maximum Gasteiger partial charge on any atom is 0.224 e. The Bertz CT molecular complexity index is 1320. The van der Waals surface area contributed by atoms with E-state index >= 15 is 0 Å². The normalized spacial score (nSPS) is 10.9. The molecule has 0 atom stereocenters. The SMILES string of the molecule is C=CCn1c(CNC(=O)Cc2c(C)nn(-c3ccccc3)c2C)nnc1SCc1cccc(C)c1. The summed E-state index contributed by atoms with van der Waals surface area (Å²) in [7, 11) is 0. The number of amides is 1. The van der Waals surface area contributed by atoms with Gasteiger partial charge < -0.3 is 9.88 Å². The van der Waals surface area contributed by atoms with Crippen molar-refractivity contribution in [2.45, 2.75) is 51.2 Å². The molecule has 0 saturated carbocycles. The number of hydrogen-bond acceptors (Lipinski definition) is 5. The van der Waals surface area contributed by atoms with Crippen LogP contribution in [0.5, 0.6) is 0 Å². The largest absolute Gasteiger partial charge is 0.349 e. The summed E-state index contributed by atoms with van der Waals surface area (Å²) in [5, 5.41) is 17.2. The topological polar surface area (TPSA) is 77.6 Å². The molecule has 0 fully saturated rings. The number of hydrogen-bond donors (Lipinski definition) is 1. The fourth-order valence-electron chi connectivity index (χ4n) is 3.97. The highest BCUT2D eigenvalue weighted by Crippen LogP contribution is 2.23. The minimum Gasteiger partial charge on any atom is -0.349 e. The Hall–Kier alpha value is -3.65. The van der Waals surface area contributed by atoms with Gasteiger partial charge in [-0.3, -0.25) is 4.79 Å². The van der Waals surface area contributed by atoms with E-state index in [2.05, 4.69) is 58.4 Å². The number of nitrogens with zero attached hydrogens (tertiary/aromatic N) is 5. The molecular formula is C27H30N6OS. The molecule has 0 unspecified atom stereocenters. The van der Waals surface area contributed by atoms with Crippen LogP contribution in [-0.4, -0.2) is 30.5 Å². The number of aryl methyl sites for hydroxylation is 2. The Morgan fingerprint density at radius 2 is 1.89 bits per heavy atom. The first-order valence-corrected chi connectivity index (χ1v) is 12.5. The van der Waals surface area contributed by atoms with E-state index in [1.807, 2.05) is 59.5 Å². The summed E-state index contributed by atoms with van der Waals surface area (Å²) in [6.45, 7) is 10.8. The van der Waals surface area contributed by atoms with Crippen LogP contribution in [0, 0.1) is 20.8 Å². The van der Waals surface area contributed by atoms with Crippen LogP contribution in [0.1, 0.15) is 33.9 Å². The lowest BCUT2D eigenvalue weighted by Gasteiger charge is -2.09. The van der Waals surface area contributed by atoms with Crippen molar-refractivity contribution in [1.82, 2.24) is 29.9 Å². The van der Waals surface area contributed by atoms with Crippen molar-refractivity contribution < 1.29 is 4.79 Å². The van der Waals surface area contributed by atoms with E-state index in [4.69, 9.17) is 0 Å². The second-order valence-electron chi connectivity index (χ2n) is 8.43. The quantitative estimate of drug-likeness (QED) is 0.259. The minimum absolute atomic E-state index is 0.0778. The standard InChI is InChI=1S/C27H30N6OS/c1-5-14-32-25(29-30-27(32)35-18-22-11-9-10-19(2)15-22)17-28-26(34)16-24-20(3)31-33(21(24)4)23-12-7-6-8-13-23/h5-13,15H,1,14,16-18H2,2-4H3,(H,28,34). The molecule has 35 heavy (non-hydrogen) atoms. The molecule has 0 aliphatic heterocycles. The molecular weight excluding hydrogens is 456 g/mol. The van der Waals surface area contributed by atoms with Gasteiger partial charge in [-0.15, -0.1) is 16.8 Å². The summed E-state index contributed by atoms with van der Waals surface area (Å²) >= 11 is 1.63. The molecule has 0 saturated heterocycles. The van der Waals surface area contributed by atoms with Crippen LogP contribution >= 0.6 is 11.8 Å². The van der Waals surface area contributed by atoms with Crippen molar-refractivity contribution in [2.24, 2.45) is 0 Å². The number of nitrogens with one attached hydrogen (secondary N) is 1. The summed E-state index contributed by atoms with van der Waals surface area (Å²) in [5.74, 6) is 1.43. The summed E-state index contributed by atoms with van der Waals surface area (Å²) in [5.41, 5.74) is 6.21. The molecule has 0 radical (unpaired) electrons. The average molecular weight is 487 g/mol. The Balaban J connectivity index is 1.41. The van der Waals surface area contributed by atoms with E-state index in [9.17, 15) is 4.79 Å². The maximum atomic E-state index is 12.8. The van der Waals surface area contributed by atoms with Gasteiger partial charge in [0.25, 0.3) is 0 Å². The van der Waals surface area contributed by atoms with E-state index in [0.29, 0.717) is 18.9 Å². The zero-order chi connectivity index (χ0) is 24.8. The van der Waals surface area contributed by atoms with Crippen molar-refractivity contribution >= 4 is 17.7 Å². The summed E-state index contributed by atoms with van der Waals surface area (Å²) in [4.78, 5) is 12.8. The zero-order valence-corrected chi connectivity index (χ0v) is 21.2. The minimum atomic E-state index is -0.0778. The molecule has 4 rings (SSSR count). The third-order valence-electron chi connectivity index (χ3n) is 5.78. The van der Waals surface area contributed by atoms with Crippen molar-refractivity contribution in [1.29, 1.82) is 0 Å². The number of para-hydroxylation sites is 1. The van der Waals surface area contributed by atoms with Gasteiger partial charge in [-0.1, -0.05) is 65.9 Å². The van der Waals surface area contributed by atoms with Crippen LogP contribution in [0.15, 0.2) is 72.4 Å². The predicted octanol–water partition coefficient (Wildman–Crippen LogP) is 4.73. The van der Waals surface area contributed by atoms with Gasteiger partial charge >= 0.3 is 0 Å². The number of allylic oxidation sites excluding steroid dienone is 1. The Morgan fingerprint density at radius 3 is 2.63 bits per heavy atom. The van der Waals surface area contributed by atoms with Crippen molar-refractivity contribution in [2.75, 3.05) is 0 Å². The first-order valence-electron chi connectivity index (χ1n) is 11.5. The molecule has 2 heterocycles. The van der Waals surface area contributed by atoms with Crippen LogP contribution in [0.4, 0.5) is 0 Å². The molecule has 0 aliphatic rings. The van der Waals surface area contributed by atoms with Crippen molar-refractivity contribution in [3.63, 3.8) is 0 Å². The van der Waals surface area contributed by atoms with Crippen LogP contribution < -0.4 is 5.32 Å².